The van der Waals surface area contributed by atoms with Crippen molar-refractivity contribution < 1.29 is 4.79 Å². The maximum atomic E-state index is 12.1. The van der Waals surface area contributed by atoms with Crippen molar-refractivity contribution in [3.05, 3.63) is 53.1 Å². The quantitative estimate of drug-likeness (QED) is 0.941. The molecule has 0 aliphatic heterocycles. The Morgan fingerprint density at radius 2 is 2.05 bits per heavy atom. The largest absolute Gasteiger partial charge is 0.342 e. The van der Waals surface area contributed by atoms with E-state index in [1.807, 2.05) is 55.9 Å². The second-order valence-corrected chi connectivity index (χ2v) is 5.42. The van der Waals surface area contributed by atoms with Crippen molar-refractivity contribution in [2.24, 2.45) is 13.0 Å². The van der Waals surface area contributed by atoms with Gasteiger partial charge in [-0.1, -0.05) is 43.6 Å². The van der Waals surface area contributed by atoms with Gasteiger partial charge in [0.15, 0.2) is 0 Å². The van der Waals surface area contributed by atoms with Crippen LogP contribution in [0.3, 0.4) is 0 Å². The highest BCUT2D eigenvalue weighted by molar-refractivity contribution is 6.31. The molecular weight excluding hydrogens is 274 g/mol. The summed E-state index contributed by atoms with van der Waals surface area (Å²) in [6, 6.07) is 7.14. The lowest BCUT2D eigenvalue weighted by Crippen LogP contribution is -2.34. The highest BCUT2D eigenvalue weighted by Crippen LogP contribution is 2.27. The van der Waals surface area contributed by atoms with E-state index in [1.54, 1.807) is 6.20 Å². The Balaban J connectivity index is 2.43. The zero-order valence-corrected chi connectivity index (χ0v) is 12.6. The molecule has 0 radical (unpaired) electrons. The van der Waals surface area contributed by atoms with Crippen LogP contribution in [0.25, 0.3) is 0 Å². The summed E-state index contributed by atoms with van der Waals surface area (Å²) >= 11 is 6.26. The van der Waals surface area contributed by atoms with E-state index >= 15 is 0 Å². The molecule has 4 nitrogen and oxygen atoms in total. The molecule has 106 valence electrons. The number of rotatable bonds is 4. The van der Waals surface area contributed by atoms with E-state index in [9.17, 15) is 4.79 Å². The molecule has 0 saturated heterocycles. The van der Waals surface area contributed by atoms with Gasteiger partial charge in [0.05, 0.1) is 0 Å². The van der Waals surface area contributed by atoms with Gasteiger partial charge in [0.1, 0.15) is 11.9 Å². The topological polar surface area (TPSA) is 46.9 Å². The Kier molecular flexibility index (Phi) is 4.45. The van der Waals surface area contributed by atoms with Crippen LogP contribution in [0.15, 0.2) is 36.7 Å². The molecule has 1 amide bonds. The second kappa shape index (κ2) is 6.09. The van der Waals surface area contributed by atoms with Gasteiger partial charge in [0.2, 0.25) is 5.91 Å². The number of carbonyl (C=O) groups excluding carboxylic acids is 1. The van der Waals surface area contributed by atoms with Crippen LogP contribution in [-0.2, 0) is 11.8 Å². The Labute approximate surface area is 123 Å². The van der Waals surface area contributed by atoms with Gasteiger partial charge in [0, 0.05) is 35.9 Å². The maximum Gasteiger partial charge on any atom is 0.223 e. The van der Waals surface area contributed by atoms with Crippen molar-refractivity contribution in [3.8, 4) is 0 Å². The summed E-state index contributed by atoms with van der Waals surface area (Å²) in [6.07, 6.45) is 3.56. The summed E-state index contributed by atoms with van der Waals surface area (Å²) in [4.78, 5) is 16.4. The molecule has 0 fully saturated rings. The van der Waals surface area contributed by atoms with E-state index in [0.717, 1.165) is 11.4 Å². The van der Waals surface area contributed by atoms with E-state index in [-0.39, 0.29) is 17.9 Å². The van der Waals surface area contributed by atoms with Crippen LogP contribution in [0.2, 0.25) is 5.02 Å². The van der Waals surface area contributed by atoms with Gasteiger partial charge < -0.3 is 9.88 Å². The van der Waals surface area contributed by atoms with E-state index in [4.69, 9.17) is 11.6 Å². The van der Waals surface area contributed by atoms with Crippen molar-refractivity contribution in [2.45, 2.75) is 19.9 Å². The molecule has 0 aliphatic carbocycles. The third-order valence-electron chi connectivity index (χ3n) is 3.14. The van der Waals surface area contributed by atoms with Crippen LogP contribution in [0, 0.1) is 5.92 Å². The maximum absolute atomic E-state index is 12.1. The summed E-state index contributed by atoms with van der Waals surface area (Å²) in [5, 5.41) is 3.63. The number of amides is 1. The first-order valence-corrected chi connectivity index (χ1v) is 6.90. The van der Waals surface area contributed by atoms with Crippen LogP contribution in [0.1, 0.15) is 31.3 Å². The fourth-order valence-corrected chi connectivity index (χ4v) is 2.20. The monoisotopic (exact) mass is 291 g/mol. The van der Waals surface area contributed by atoms with Crippen LogP contribution in [0.4, 0.5) is 0 Å². The minimum atomic E-state index is -0.349. The standard InChI is InChI=1S/C15H18ClN3O/c1-10(2)15(20)18-13(14-17-8-9-19(14)3)11-6-4-5-7-12(11)16/h4-10,13H,1-3H3,(H,18,20). The highest BCUT2D eigenvalue weighted by Gasteiger charge is 2.23. The number of aromatic nitrogens is 2. The number of hydrogen-bond donors (Lipinski definition) is 1. The van der Waals surface area contributed by atoms with Crippen molar-refractivity contribution in [1.82, 2.24) is 14.9 Å². The van der Waals surface area contributed by atoms with E-state index < -0.39 is 0 Å². The van der Waals surface area contributed by atoms with Gasteiger partial charge >= 0.3 is 0 Å². The number of carbonyl (C=O) groups is 1. The molecule has 1 heterocycles. The summed E-state index contributed by atoms with van der Waals surface area (Å²) in [7, 11) is 1.90. The van der Waals surface area contributed by atoms with Gasteiger partial charge in [-0.2, -0.15) is 0 Å². The molecule has 1 aromatic carbocycles. The first kappa shape index (κ1) is 14.6. The fourth-order valence-electron chi connectivity index (χ4n) is 1.95. The van der Waals surface area contributed by atoms with E-state index in [1.165, 1.54) is 0 Å². The lowest BCUT2D eigenvalue weighted by Gasteiger charge is -2.21. The van der Waals surface area contributed by atoms with Crippen LogP contribution >= 0.6 is 11.6 Å². The minimum absolute atomic E-state index is 0.0297. The molecule has 5 heteroatoms. The fraction of sp³-hybridized carbons (Fsp3) is 0.333. The zero-order chi connectivity index (χ0) is 14.7. The molecule has 1 unspecified atom stereocenters. The van der Waals surface area contributed by atoms with Gasteiger partial charge in [-0.05, 0) is 6.07 Å². The van der Waals surface area contributed by atoms with Gasteiger partial charge in [-0.25, -0.2) is 4.98 Å². The number of imidazole rings is 1. The number of nitrogens with zero attached hydrogens (tertiary/aromatic N) is 2. The summed E-state index contributed by atoms with van der Waals surface area (Å²) < 4.78 is 1.88. The Morgan fingerprint density at radius 1 is 1.35 bits per heavy atom. The number of aryl methyl sites for hydroxylation is 1. The number of nitrogens with one attached hydrogen (secondary N) is 1. The van der Waals surface area contributed by atoms with Crippen molar-refractivity contribution in [2.75, 3.05) is 0 Å². The molecule has 1 aromatic heterocycles. The molecule has 0 saturated carbocycles. The third kappa shape index (κ3) is 3.02. The van der Waals surface area contributed by atoms with E-state index in [2.05, 4.69) is 10.3 Å². The lowest BCUT2D eigenvalue weighted by atomic mass is 10.0. The number of benzene rings is 1. The summed E-state index contributed by atoms with van der Waals surface area (Å²) in [5.41, 5.74) is 0.845. The molecule has 0 bridgehead atoms. The molecule has 1 N–H and O–H groups in total. The minimum Gasteiger partial charge on any atom is -0.342 e. The SMILES string of the molecule is CC(C)C(=O)NC(c1ccccc1Cl)c1nccn1C. The third-order valence-corrected chi connectivity index (χ3v) is 3.49. The molecule has 20 heavy (non-hydrogen) atoms. The van der Waals surface area contributed by atoms with Crippen LogP contribution in [-0.4, -0.2) is 15.5 Å². The average molecular weight is 292 g/mol. The second-order valence-electron chi connectivity index (χ2n) is 5.01. The molecule has 1 atom stereocenters. The lowest BCUT2D eigenvalue weighted by molar-refractivity contribution is -0.124. The Hall–Kier alpha value is -1.81. The van der Waals surface area contributed by atoms with Gasteiger partial charge in [0.25, 0.3) is 0 Å². The highest BCUT2D eigenvalue weighted by atomic mass is 35.5. The van der Waals surface area contributed by atoms with Crippen molar-refractivity contribution in [1.29, 1.82) is 0 Å². The summed E-state index contributed by atoms with van der Waals surface area (Å²) in [5.74, 6) is 0.630. The molecule has 0 aliphatic rings. The van der Waals surface area contributed by atoms with E-state index in [0.29, 0.717) is 5.02 Å². The van der Waals surface area contributed by atoms with Crippen LogP contribution < -0.4 is 5.32 Å². The zero-order valence-electron chi connectivity index (χ0n) is 11.8. The predicted octanol–water partition coefficient (Wildman–Crippen LogP) is 2.94. The smallest absolute Gasteiger partial charge is 0.223 e. The van der Waals surface area contributed by atoms with Crippen molar-refractivity contribution in [3.63, 3.8) is 0 Å². The molecule has 0 spiro atoms. The first-order valence-electron chi connectivity index (χ1n) is 6.52. The number of halogens is 1. The van der Waals surface area contributed by atoms with Crippen molar-refractivity contribution >= 4 is 17.5 Å². The van der Waals surface area contributed by atoms with Crippen LogP contribution in [0.5, 0.6) is 0 Å². The van der Waals surface area contributed by atoms with Gasteiger partial charge in [-0.15, -0.1) is 0 Å². The number of hydrogen-bond acceptors (Lipinski definition) is 2. The molecule has 2 aromatic rings. The van der Waals surface area contributed by atoms with Gasteiger partial charge in [-0.3, -0.25) is 4.79 Å². The predicted molar refractivity (Wildman–Crippen MR) is 79.5 cm³/mol. The molecular formula is C15H18ClN3O. The Bertz CT molecular complexity index is 607. The average Bonchev–Trinajstić information content (AvgIpc) is 2.82. The normalized spacial score (nSPS) is 12.4. The summed E-state index contributed by atoms with van der Waals surface area (Å²) in [6.45, 7) is 3.72. The Morgan fingerprint density at radius 3 is 2.60 bits per heavy atom. The molecule has 2 rings (SSSR count). The first-order chi connectivity index (χ1) is 9.50.